The fourth-order valence-corrected chi connectivity index (χ4v) is 1.45. The van der Waals surface area contributed by atoms with E-state index in [1.807, 2.05) is 18.2 Å². The Kier molecular flexibility index (Phi) is 2.74. The number of pyridine rings is 2. The van der Waals surface area contributed by atoms with Crippen molar-refractivity contribution in [3.63, 3.8) is 0 Å². The van der Waals surface area contributed by atoms with E-state index in [0.29, 0.717) is 0 Å². The van der Waals surface area contributed by atoms with Crippen molar-refractivity contribution in [1.82, 2.24) is 9.97 Å². The Labute approximate surface area is 90.3 Å². The molecule has 14 heavy (non-hydrogen) atoms. The smallest absolute Gasteiger partial charge is 0.0582 e. The minimum Gasteiger partial charge on any atom is -0.354 e. The zero-order chi connectivity index (χ0) is 9.80. The molecule has 3 nitrogen and oxygen atoms in total. The Hall–Kier alpha value is -1.42. The molecule has 0 atom stereocenters. The third-order valence-corrected chi connectivity index (χ3v) is 2.11. The molecule has 1 N–H and O–H groups in total. The predicted molar refractivity (Wildman–Crippen MR) is 59.5 cm³/mol. The molecule has 0 saturated heterocycles. The number of hydrogen-bond donors (Lipinski definition) is 1. The topological polar surface area (TPSA) is 37.8 Å². The van der Waals surface area contributed by atoms with E-state index in [1.165, 1.54) is 0 Å². The average molecular weight is 250 g/mol. The number of anilines is 2. The largest absolute Gasteiger partial charge is 0.354 e. The van der Waals surface area contributed by atoms with Crippen LogP contribution in [0.5, 0.6) is 0 Å². The van der Waals surface area contributed by atoms with Gasteiger partial charge in [-0.1, -0.05) is 0 Å². The van der Waals surface area contributed by atoms with Crippen LogP contribution in [0.25, 0.3) is 0 Å². The first-order chi connectivity index (χ1) is 6.84. The summed E-state index contributed by atoms with van der Waals surface area (Å²) in [6, 6.07) is 5.77. The summed E-state index contributed by atoms with van der Waals surface area (Å²) in [7, 11) is 0. The summed E-state index contributed by atoms with van der Waals surface area (Å²) in [6.45, 7) is 0. The van der Waals surface area contributed by atoms with Crippen molar-refractivity contribution >= 4 is 27.3 Å². The summed E-state index contributed by atoms with van der Waals surface area (Å²) in [6.07, 6.45) is 7.00. The van der Waals surface area contributed by atoms with Crippen LogP contribution in [0, 0.1) is 0 Å². The van der Waals surface area contributed by atoms with Gasteiger partial charge in [0.2, 0.25) is 0 Å². The molecule has 0 bridgehead atoms. The molecule has 0 radical (unpaired) electrons. The van der Waals surface area contributed by atoms with Gasteiger partial charge in [-0.05, 0) is 34.1 Å². The highest BCUT2D eigenvalue weighted by atomic mass is 79.9. The maximum absolute atomic E-state index is 4.06. The summed E-state index contributed by atoms with van der Waals surface area (Å²) in [4.78, 5) is 8.00. The van der Waals surface area contributed by atoms with Gasteiger partial charge in [0.25, 0.3) is 0 Å². The molecule has 2 heterocycles. The first-order valence-electron chi connectivity index (χ1n) is 4.12. The summed E-state index contributed by atoms with van der Waals surface area (Å²) >= 11 is 3.36. The van der Waals surface area contributed by atoms with Gasteiger partial charge in [0.1, 0.15) is 0 Å². The van der Waals surface area contributed by atoms with Crippen LogP contribution in [-0.4, -0.2) is 9.97 Å². The first kappa shape index (κ1) is 9.15. The summed E-state index contributed by atoms with van der Waals surface area (Å²) < 4.78 is 0.955. The van der Waals surface area contributed by atoms with Gasteiger partial charge in [-0.2, -0.15) is 0 Å². The van der Waals surface area contributed by atoms with Crippen molar-refractivity contribution in [2.75, 3.05) is 5.32 Å². The summed E-state index contributed by atoms with van der Waals surface area (Å²) in [5, 5.41) is 3.21. The van der Waals surface area contributed by atoms with Crippen molar-refractivity contribution in [2.45, 2.75) is 0 Å². The lowest BCUT2D eigenvalue weighted by atomic mass is 10.3. The standard InChI is InChI=1S/C10H8BrN3/c11-8-5-10(7-13-6-8)14-9-1-3-12-4-2-9/h1-7H,(H,12,14). The van der Waals surface area contributed by atoms with Crippen LogP contribution >= 0.6 is 15.9 Å². The molecular formula is C10H8BrN3. The third-order valence-electron chi connectivity index (χ3n) is 1.67. The third kappa shape index (κ3) is 2.29. The maximum atomic E-state index is 4.06. The van der Waals surface area contributed by atoms with Crippen LogP contribution in [0.3, 0.4) is 0 Å². The molecule has 70 valence electrons. The van der Waals surface area contributed by atoms with E-state index < -0.39 is 0 Å². The average Bonchev–Trinajstić information content (AvgIpc) is 2.19. The Morgan fingerprint density at radius 2 is 1.79 bits per heavy atom. The monoisotopic (exact) mass is 249 g/mol. The van der Waals surface area contributed by atoms with E-state index in [-0.39, 0.29) is 0 Å². The molecule has 0 unspecified atom stereocenters. The molecule has 0 spiro atoms. The SMILES string of the molecule is Brc1cncc(Nc2ccncc2)c1. The molecular weight excluding hydrogens is 242 g/mol. The Morgan fingerprint density at radius 1 is 1.00 bits per heavy atom. The highest BCUT2D eigenvalue weighted by molar-refractivity contribution is 9.10. The summed E-state index contributed by atoms with van der Waals surface area (Å²) in [5.41, 5.74) is 1.95. The molecule has 2 aromatic heterocycles. The minimum absolute atomic E-state index is 0.950. The van der Waals surface area contributed by atoms with Crippen LogP contribution in [0.15, 0.2) is 47.5 Å². The van der Waals surface area contributed by atoms with Crippen molar-refractivity contribution < 1.29 is 0 Å². The number of rotatable bonds is 2. The number of halogens is 1. The maximum Gasteiger partial charge on any atom is 0.0582 e. The second kappa shape index (κ2) is 4.19. The van der Waals surface area contributed by atoms with Gasteiger partial charge in [0.05, 0.1) is 11.9 Å². The first-order valence-corrected chi connectivity index (χ1v) is 4.91. The van der Waals surface area contributed by atoms with Crippen LogP contribution in [0.4, 0.5) is 11.4 Å². The van der Waals surface area contributed by atoms with Crippen molar-refractivity contribution in [3.05, 3.63) is 47.5 Å². The molecule has 0 aliphatic heterocycles. The second-order valence-electron chi connectivity index (χ2n) is 2.75. The van der Waals surface area contributed by atoms with Crippen molar-refractivity contribution in [2.24, 2.45) is 0 Å². The van der Waals surface area contributed by atoms with Crippen molar-refractivity contribution in [3.8, 4) is 0 Å². The van der Waals surface area contributed by atoms with Gasteiger partial charge >= 0.3 is 0 Å². The number of aromatic nitrogens is 2. The second-order valence-corrected chi connectivity index (χ2v) is 3.67. The van der Waals surface area contributed by atoms with Gasteiger partial charge in [-0.3, -0.25) is 9.97 Å². The molecule has 2 rings (SSSR count). The molecule has 0 aromatic carbocycles. The molecule has 0 saturated carbocycles. The minimum atomic E-state index is 0.950. The molecule has 0 aliphatic rings. The van der Waals surface area contributed by atoms with E-state index >= 15 is 0 Å². The van der Waals surface area contributed by atoms with Gasteiger partial charge in [-0.25, -0.2) is 0 Å². The normalized spacial score (nSPS) is 9.79. The van der Waals surface area contributed by atoms with E-state index in [1.54, 1.807) is 24.8 Å². The van der Waals surface area contributed by atoms with E-state index in [4.69, 9.17) is 0 Å². The van der Waals surface area contributed by atoms with Crippen molar-refractivity contribution in [1.29, 1.82) is 0 Å². The number of nitrogens with zero attached hydrogens (tertiary/aromatic N) is 2. The fourth-order valence-electron chi connectivity index (χ4n) is 1.08. The molecule has 2 aromatic rings. The highest BCUT2D eigenvalue weighted by Gasteiger charge is 1.94. The zero-order valence-electron chi connectivity index (χ0n) is 7.31. The lowest BCUT2D eigenvalue weighted by Crippen LogP contribution is -1.90. The predicted octanol–water partition coefficient (Wildman–Crippen LogP) is 2.98. The number of hydrogen-bond acceptors (Lipinski definition) is 3. The summed E-state index contributed by atoms with van der Waals surface area (Å²) in [5.74, 6) is 0. The molecule has 0 aliphatic carbocycles. The molecule has 0 fully saturated rings. The van der Waals surface area contributed by atoms with Gasteiger partial charge < -0.3 is 5.32 Å². The zero-order valence-corrected chi connectivity index (χ0v) is 8.90. The number of nitrogens with one attached hydrogen (secondary N) is 1. The Morgan fingerprint density at radius 3 is 2.50 bits per heavy atom. The molecule has 0 amide bonds. The Balaban J connectivity index is 2.19. The quantitative estimate of drug-likeness (QED) is 0.890. The fraction of sp³-hybridized carbons (Fsp3) is 0. The van der Waals surface area contributed by atoms with Crippen LogP contribution in [-0.2, 0) is 0 Å². The van der Waals surface area contributed by atoms with Crippen LogP contribution < -0.4 is 5.32 Å². The molecule has 4 heteroatoms. The van der Waals surface area contributed by atoms with Gasteiger partial charge in [0, 0.05) is 28.8 Å². The van der Waals surface area contributed by atoms with Gasteiger partial charge in [0.15, 0.2) is 0 Å². The highest BCUT2D eigenvalue weighted by Crippen LogP contribution is 2.17. The van der Waals surface area contributed by atoms with Crippen LogP contribution in [0.1, 0.15) is 0 Å². The van der Waals surface area contributed by atoms with Crippen LogP contribution in [0.2, 0.25) is 0 Å². The lowest BCUT2D eigenvalue weighted by Gasteiger charge is -2.04. The Bertz CT molecular complexity index is 417. The van der Waals surface area contributed by atoms with Gasteiger partial charge in [-0.15, -0.1) is 0 Å². The van der Waals surface area contributed by atoms with E-state index in [9.17, 15) is 0 Å². The lowest BCUT2D eigenvalue weighted by molar-refractivity contribution is 1.29. The van der Waals surface area contributed by atoms with E-state index in [2.05, 4.69) is 31.2 Å². The van der Waals surface area contributed by atoms with E-state index in [0.717, 1.165) is 15.8 Å².